The third kappa shape index (κ3) is 4.33. The first kappa shape index (κ1) is 13.3. The molecule has 0 amide bonds. The number of nitrogens with zero attached hydrogens (tertiary/aromatic N) is 1. The van der Waals surface area contributed by atoms with Crippen molar-refractivity contribution in [3.8, 4) is 6.07 Å². The van der Waals surface area contributed by atoms with E-state index in [1.807, 2.05) is 0 Å². The van der Waals surface area contributed by atoms with Gasteiger partial charge in [-0.15, -0.1) is 0 Å². The summed E-state index contributed by atoms with van der Waals surface area (Å²) in [5.41, 5.74) is 0.231. The summed E-state index contributed by atoms with van der Waals surface area (Å²) in [6.07, 6.45) is -2.50. The van der Waals surface area contributed by atoms with E-state index in [0.717, 1.165) is 0 Å². The normalized spacial score (nSPS) is 10.3. The molecule has 0 heterocycles. The maximum atomic E-state index is 13.1. The number of benzene rings is 1. The Kier molecular flexibility index (Phi) is 5.30. The highest BCUT2D eigenvalue weighted by atomic mass is 19.3. The zero-order chi connectivity index (χ0) is 12.7. The second-order valence-corrected chi connectivity index (χ2v) is 3.17. The molecule has 1 aromatic rings. The standard InChI is InChI=1S/C11H11F3N2O/c12-9-2-1-3-10(8(9)6-15)16-4-5-17-7-11(13)14/h1-3,11,16H,4-5,7H2. The van der Waals surface area contributed by atoms with Crippen LogP contribution in [0.25, 0.3) is 0 Å². The van der Waals surface area contributed by atoms with Gasteiger partial charge in [0, 0.05) is 6.54 Å². The van der Waals surface area contributed by atoms with Gasteiger partial charge in [0.2, 0.25) is 0 Å². The van der Waals surface area contributed by atoms with E-state index in [9.17, 15) is 13.2 Å². The maximum Gasteiger partial charge on any atom is 0.261 e. The van der Waals surface area contributed by atoms with Crippen LogP contribution in [-0.4, -0.2) is 26.2 Å². The van der Waals surface area contributed by atoms with E-state index in [1.165, 1.54) is 18.2 Å². The van der Waals surface area contributed by atoms with E-state index in [0.29, 0.717) is 5.69 Å². The Morgan fingerprint density at radius 2 is 2.18 bits per heavy atom. The lowest BCUT2D eigenvalue weighted by atomic mass is 10.2. The molecule has 0 atom stereocenters. The van der Waals surface area contributed by atoms with Crippen LogP contribution >= 0.6 is 0 Å². The molecule has 3 nitrogen and oxygen atoms in total. The van der Waals surface area contributed by atoms with Crippen LogP contribution in [0.1, 0.15) is 5.56 Å². The molecular formula is C11H11F3N2O. The molecule has 0 saturated heterocycles. The van der Waals surface area contributed by atoms with Crippen molar-refractivity contribution >= 4 is 5.69 Å². The second-order valence-electron chi connectivity index (χ2n) is 3.17. The maximum absolute atomic E-state index is 13.1. The third-order valence-corrected chi connectivity index (χ3v) is 1.93. The smallest absolute Gasteiger partial charge is 0.261 e. The summed E-state index contributed by atoms with van der Waals surface area (Å²) in [5.74, 6) is -0.619. The molecule has 0 saturated carbocycles. The molecule has 92 valence electrons. The van der Waals surface area contributed by atoms with Gasteiger partial charge in [0.1, 0.15) is 24.1 Å². The summed E-state index contributed by atoms with van der Waals surface area (Å²) < 4.78 is 41.2. The van der Waals surface area contributed by atoms with E-state index < -0.39 is 18.8 Å². The number of rotatable bonds is 6. The van der Waals surface area contributed by atoms with E-state index in [2.05, 4.69) is 10.1 Å². The summed E-state index contributed by atoms with van der Waals surface area (Å²) in [6.45, 7) is -0.341. The summed E-state index contributed by atoms with van der Waals surface area (Å²) in [4.78, 5) is 0. The van der Waals surface area contributed by atoms with E-state index in [-0.39, 0.29) is 18.7 Å². The van der Waals surface area contributed by atoms with Gasteiger partial charge in [-0.3, -0.25) is 0 Å². The lowest BCUT2D eigenvalue weighted by Gasteiger charge is -2.08. The van der Waals surface area contributed by atoms with Crippen molar-refractivity contribution in [2.75, 3.05) is 25.1 Å². The van der Waals surface area contributed by atoms with Gasteiger partial charge >= 0.3 is 0 Å². The topological polar surface area (TPSA) is 45.0 Å². The monoisotopic (exact) mass is 244 g/mol. The molecule has 1 N–H and O–H groups in total. The van der Waals surface area contributed by atoms with Gasteiger partial charge < -0.3 is 10.1 Å². The van der Waals surface area contributed by atoms with Crippen molar-refractivity contribution in [3.63, 3.8) is 0 Å². The molecule has 0 aliphatic carbocycles. The number of hydrogen-bond acceptors (Lipinski definition) is 3. The minimum Gasteiger partial charge on any atom is -0.382 e. The van der Waals surface area contributed by atoms with Gasteiger partial charge in [-0.1, -0.05) is 6.07 Å². The minimum atomic E-state index is -2.50. The number of ether oxygens (including phenoxy) is 1. The van der Waals surface area contributed by atoms with Crippen molar-refractivity contribution in [2.45, 2.75) is 6.43 Å². The Hall–Kier alpha value is -1.74. The van der Waals surface area contributed by atoms with Crippen molar-refractivity contribution < 1.29 is 17.9 Å². The van der Waals surface area contributed by atoms with Crippen molar-refractivity contribution in [3.05, 3.63) is 29.6 Å². The Labute approximate surface area is 96.8 Å². The highest BCUT2D eigenvalue weighted by Gasteiger charge is 2.07. The lowest BCUT2D eigenvalue weighted by Crippen LogP contribution is -2.13. The van der Waals surface area contributed by atoms with E-state index in [4.69, 9.17) is 5.26 Å². The largest absolute Gasteiger partial charge is 0.382 e. The Balaban J connectivity index is 2.42. The number of nitrogens with one attached hydrogen (secondary N) is 1. The van der Waals surface area contributed by atoms with Gasteiger partial charge in [-0.25, -0.2) is 13.2 Å². The quantitative estimate of drug-likeness (QED) is 0.781. The highest BCUT2D eigenvalue weighted by Crippen LogP contribution is 2.17. The summed E-state index contributed by atoms with van der Waals surface area (Å²) in [5, 5.41) is 11.5. The van der Waals surface area contributed by atoms with Gasteiger partial charge in [-0.05, 0) is 12.1 Å². The molecule has 0 unspecified atom stereocenters. The molecule has 17 heavy (non-hydrogen) atoms. The Morgan fingerprint density at radius 3 is 2.82 bits per heavy atom. The van der Waals surface area contributed by atoms with Crippen LogP contribution in [0, 0.1) is 17.1 Å². The first-order chi connectivity index (χ1) is 8.15. The average Bonchev–Trinajstić information content (AvgIpc) is 2.28. The fraction of sp³-hybridized carbons (Fsp3) is 0.364. The molecule has 0 aliphatic rings. The summed E-state index contributed by atoms with van der Waals surface area (Å²) >= 11 is 0. The average molecular weight is 244 g/mol. The molecule has 0 aromatic heterocycles. The van der Waals surface area contributed by atoms with Crippen LogP contribution < -0.4 is 5.32 Å². The molecule has 0 aliphatic heterocycles. The zero-order valence-electron chi connectivity index (χ0n) is 8.92. The fourth-order valence-electron chi connectivity index (χ4n) is 1.22. The van der Waals surface area contributed by atoms with Crippen LogP contribution in [0.2, 0.25) is 0 Å². The number of nitriles is 1. The number of halogens is 3. The number of anilines is 1. The van der Waals surface area contributed by atoms with Gasteiger partial charge in [0.25, 0.3) is 6.43 Å². The molecule has 1 aromatic carbocycles. The first-order valence-corrected chi connectivity index (χ1v) is 4.93. The van der Waals surface area contributed by atoms with Crippen LogP contribution in [0.15, 0.2) is 18.2 Å². The van der Waals surface area contributed by atoms with Crippen molar-refractivity contribution in [1.29, 1.82) is 5.26 Å². The summed E-state index contributed by atoms with van der Waals surface area (Å²) in [6, 6.07) is 5.90. The van der Waals surface area contributed by atoms with Crippen LogP contribution in [0.4, 0.5) is 18.9 Å². The van der Waals surface area contributed by atoms with Crippen LogP contribution in [-0.2, 0) is 4.74 Å². The Morgan fingerprint density at radius 1 is 1.41 bits per heavy atom. The molecular weight excluding hydrogens is 233 g/mol. The van der Waals surface area contributed by atoms with E-state index in [1.54, 1.807) is 6.07 Å². The lowest BCUT2D eigenvalue weighted by molar-refractivity contribution is 0.0215. The van der Waals surface area contributed by atoms with Crippen molar-refractivity contribution in [2.24, 2.45) is 0 Å². The molecule has 0 bridgehead atoms. The van der Waals surface area contributed by atoms with E-state index >= 15 is 0 Å². The molecule has 0 spiro atoms. The minimum absolute atomic E-state index is 0.0612. The van der Waals surface area contributed by atoms with Crippen molar-refractivity contribution in [1.82, 2.24) is 0 Å². The predicted molar refractivity (Wildman–Crippen MR) is 56.4 cm³/mol. The first-order valence-electron chi connectivity index (χ1n) is 4.93. The highest BCUT2D eigenvalue weighted by molar-refractivity contribution is 5.57. The number of hydrogen-bond donors (Lipinski definition) is 1. The van der Waals surface area contributed by atoms with Crippen LogP contribution in [0.3, 0.4) is 0 Å². The van der Waals surface area contributed by atoms with Gasteiger partial charge in [-0.2, -0.15) is 5.26 Å². The summed E-state index contributed by atoms with van der Waals surface area (Å²) in [7, 11) is 0. The molecule has 6 heteroatoms. The second kappa shape index (κ2) is 6.76. The number of alkyl halides is 2. The molecule has 0 radical (unpaired) electrons. The fourth-order valence-corrected chi connectivity index (χ4v) is 1.22. The van der Waals surface area contributed by atoms with Gasteiger partial charge in [0.15, 0.2) is 0 Å². The molecule has 1 rings (SSSR count). The van der Waals surface area contributed by atoms with Gasteiger partial charge in [0.05, 0.1) is 12.3 Å². The Bertz CT molecular complexity index is 404. The molecule has 0 fully saturated rings. The van der Waals surface area contributed by atoms with Crippen LogP contribution in [0.5, 0.6) is 0 Å². The zero-order valence-corrected chi connectivity index (χ0v) is 8.92. The SMILES string of the molecule is N#Cc1c(F)cccc1NCCOCC(F)F. The third-order valence-electron chi connectivity index (χ3n) is 1.93. The predicted octanol–water partition coefficient (Wildman–Crippen LogP) is 2.39.